The Morgan fingerprint density at radius 1 is 1.15 bits per heavy atom. The second-order valence-electron chi connectivity index (χ2n) is 10.5. The lowest BCUT2D eigenvalue weighted by atomic mass is 10.0. The predicted molar refractivity (Wildman–Crippen MR) is 145 cm³/mol. The molecule has 0 aliphatic carbocycles. The number of nitrogens with zero attached hydrogens (tertiary/aromatic N) is 5. The third kappa shape index (κ3) is 5.25. The molecule has 1 unspecified atom stereocenters. The third-order valence-corrected chi connectivity index (χ3v) is 6.51. The Morgan fingerprint density at radius 3 is 2.58 bits per heavy atom. The number of rotatable bonds is 5. The summed E-state index contributed by atoms with van der Waals surface area (Å²) < 4.78 is 41.7. The maximum absolute atomic E-state index is 14.8. The highest BCUT2D eigenvalue weighted by Crippen LogP contribution is 2.36. The first-order chi connectivity index (χ1) is 19.1. The fraction of sp³-hybridized carbons (Fsp3) is 0.310. The van der Waals surface area contributed by atoms with Gasteiger partial charge in [0, 0.05) is 42.7 Å². The van der Waals surface area contributed by atoms with E-state index >= 15 is 0 Å². The van der Waals surface area contributed by atoms with Gasteiger partial charge in [-0.1, -0.05) is 6.07 Å². The number of hydrogen-bond donors (Lipinski definition) is 1. The van der Waals surface area contributed by atoms with Crippen molar-refractivity contribution in [2.24, 2.45) is 0 Å². The molecule has 2 aromatic carbocycles. The number of nitriles is 1. The standard InChI is InChI=1S/C29H28F2N6O3/c1-29(2,3)40-28(38)36-11-9-20(16-36)34-26-27-35-24(17-5-6-19(15-32)21(30)13-17)25(37(27)12-10-33-26)18-7-8-23(39-4)22(31)14-18/h5-8,10,12-14,20H,9,11,16H2,1-4H3,(H,33,34). The van der Waals surface area contributed by atoms with Crippen LogP contribution in [0.3, 0.4) is 0 Å². The van der Waals surface area contributed by atoms with Crippen LogP contribution >= 0.6 is 0 Å². The second-order valence-corrected chi connectivity index (χ2v) is 10.5. The van der Waals surface area contributed by atoms with Crippen LogP contribution in [0, 0.1) is 23.0 Å². The monoisotopic (exact) mass is 546 g/mol. The van der Waals surface area contributed by atoms with Crippen LogP contribution in [0.15, 0.2) is 48.8 Å². The summed E-state index contributed by atoms with van der Waals surface area (Å²) in [6.45, 7) is 6.41. The quantitative estimate of drug-likeness (QED) is 0.345. The lowest BCUT2D eigenvalue weighted by molar-refractivity contribution is 0.0293. The van der Waals surface area contributed by atoms with Gasteiger partial charge in [0.25, 0.3) is 0 Å². The van der Waals surface area contributed by atoms with Crippen molar-refractivity contribution in [2.75, 3.05) is 25.5 Å². The zero-order valence-corrected chi connectivity index (χ0v) is 22.5. The molecule has 1 N–H and O–H groups in total. The molecule has 0 radical (unpaired) electrons. The molecule has 2 aromatic heterocycles. The van der Waals surface area contributed by atoms with Crippen LogP contribution in [0.25, 0.3) is 28.2 Å². The number of nitrogens with one attached hydrogen (secondary N) is 1. The van der Waals surface area contributed by atoms with Crippen LogP contribution in [0.2, 0.25) is 0 Å². The van der Waals surface area contributed by atoms with Crippen LogP contribution < -0.4 is 10.1 Å². The second kappa shape index (κ2) is 10.4. The number of ether oxygens (including phenoxy) is 2. The number of fused-ring (bicyclic) bond motifs is 1. The lowest BCUT2D eigenvalue weighted by Crippen LogP contribution is -2.36. The van der Waals surface area contributed by atoms with Crippen molar-refractivity contribution < 1.29 is 23.0 Å². The minimum atomic E-state index is -0.686. The highest BCUT2D eigenvalue weighted by atomic mass is 19.1. The minimum Gasteiger partial charge on any atom is -0.494 e. The number of anilines is 1. The number of amides is 1. The molecule has 1 saturated heterocycles. The van der Waals surface area contributed by atoms with E-state index in [-0.39, 0.29) is 23.4 Å². The van der Waals surface area contributed by atoms with Gasteiger partial charge < -0.3 is 19.7 Å². The van der Waals surface area contributed by atoms with Gasteiger partial charge in [0.05, 0.1) is 24.1 Å². The minimum absolute atomic E-state index is 0.0864. The Kier molecular flexibility index (Phi) is 7.02. The number of imidazole rings is 1. The molecule has 0 spiro atoms. The number of benzene rings is 2. The van der Waals surface area contributed by atoms with E-state index < -0.39 is 17.2 Å². The molecule has 1 amide bonds. The zero-order valence-electron chi connectivity index (χ0n) is 22.5. The highest BCUT2D eigenvalue weighted by molar-refractivity contribution is 5.85. The van der Waals surface area contributed by atoms with E-state index in [4.69, 9.17) is 14.5 Å². The Morgan fingerprint density at radius 2 is 1.90 bits per heavy atom. The molecule has 5 rings (SSSR count). The van der Waals surface area contributed by atoms with Gasteiger partial charge >= 0.3 is 6.09 Å². The first-order valence-electron chi connectivity index (χ1n) is 12.7. The molecule has 1 aliphatic heterocycles. The summed E-state index contributed by atoms with van der Waals surface area (Å²) in [4.78, 5) is 23.5. The Hall–Kier alpha value is -4.72. The van der Waals surface area contributed by atoms with Gasteiger partial charge in [-0.2, -0.15) is 5.26 Å². The van der Waals surface area contributed by atoms with Gasteiger partial charge in [-0.15, -0.1) is 0 Å². The first kappa shape index (κ1) is 26.9. The number of carbonyl (C=O) groups is 1. The molecule has 0 saturated carbocycles. The van der Waals surface area contributed by atoms with Crippen molar-refractivity contribution in [1.82, 2.24) is 19.3 Å². The number of aromatic nitrogens is 3. The number of halogens is 2. The number of carbonyl (C=O) groups excluding carboxylic acids is 1. The van der Waals surface area contributed by atoms with E-state index in [0.29, 0.717) is 53.5 Å². The van der Waals surface area contributed by atoms with Gasteiger partial charge in [-0.05, 0) is 57.5 Å². The smallest absolute Gasteiger partial charge is 0.410 e. The van der Waals surface area contributed by atoms with Gasteiger partial charge in [0.2, 0.25) is 0 Å². The molecule has 0 bridgehead atoms. The predicted octanol–water partition coefficient (Wildman–Crippen LogP) is 5.64. The van der Waals surface area contributed by atoms with Crippen molar-refractivity contribution >= 4 is 17.6 Å². The molecule has 40 heavy (non-hydrogen) atoms. The summed E-state index contributed by atoms with van der Waals surface area (Å²) >= 11 is 0. The normalized spacial score (nSPS) is 15.2. The molecular weight excluding hydrogens is 518 g/mol. The summed E-state index contributed by atoms with van der Waals surface area (Å²) in [7, 11) is 1.38. The van der Waals surface area contributed by atoms with Crippen molar-refractivity contribution in [2.45, 2.75) is 38.8 Å². The largest absolute Gasteiger partial charge is 0.494 e. The van der Waals surface area contributed by atoms with Gasteiger partial charge in [0.15, 0.2) is 23.0 Å². The maximum atomic E-state index is 14.8. The molecular formula is C29H28F2N6O3. The van der Waals surface area contributed by atoms with E-state index in [9.17, 15) is 18.8 Å². The molecule has 11 heteroatoms. The summed E-state index contributed by atoms with van der Waals surface area (Å²) in [5.41, 5.74) is 1.53. The molecule has 1 aliphatic rings. The van der Waals surface area contributed by atoms with Crippen molar-refractivity contribution in [3.63, 3.8) is 0 Å². The topological polar surface area (TPSA) is 105 Å². The Bertz CT molecular complexity index is 1640. The van der Waals surface area contributed by atoms with E-state index in [1.807, 2.05) is 26.8 Å². The van der Waals surface area contributed by atoms with Crippen molar-refractivity contribution in [3.05, 3.63) is 66.0 Å². The van der Waals surface area contributed by atoms with Gasteiger partial charge in [-0.3, -0.25) is 4.40 Å². The number of hydrogen-bond acceptors (Lipinski definition) is 7. The van der Waals surface area contributed by atoms with Crippen LogP contribution in [0.5, 0.6) is 5.75 Å². The zero-order chi connectivity index (χ0) is 28.6. The fourth-order valence-electron chi connectivity index (χ4n) is 4.69. The molecule has 1 fully saturated rings. The van der Waals surface area contributed by atoms with Crippen molar-refractivity contribution in [3.8, 4) is 34.3 Å². The van der Waals surface area contributed by atoms with Crippen molar-refractivity contribution in [1.29, 1.82) is 5.26 Å². The molecule has 4 aromatic rings. The average Bonchev–Trinajstić information content (AvgIpc) is 3.53. The summed E-state index contributed by atoms with van der Waals surface area (Å²) in [5, 5.41) is 12.6. The molecule has 3 heterocycles. The maximum Gasteiger partial charge on any atom is 0.410 e. The third-order valence-electron chi connectivity index (χ3n) is 6.51. The number of methoxy groups -OCH3 is 1. The van der Waals surface area contributed by atoms with Gasteiger partial charge in [0.1, 0.15) is 17.5 Å². The average molecular weight is 547 g/mol. The van der Waals surface area contributed by atoms with E-state index in [1.165, 1.54) is 31.4 Å². The SMILES string of the molecule is COc1ccc(-c2c(-c3ccc(C#N)c(F)c3)nc3c(NC4CCN(C(=O)OC(C)(C)C)C4)nccn23)cc1F. The van der Waals surface area contributed by atoms with Crippen LogP contribution in [-0.2, 0) is 4.74 Å². The van der Waals surface area contributed by atoms with Crippen LogP contribution in [0.4, 0.5) is 19.4 Å². The highest BCUT2D eigenvalue weighted by Gasteiger charge is 2.31. The number of likely N-dealkylation sites (tertiary alicyclic amines) is 1. The Balaban J connectivity index is 1.56. The lowest BCUT2D eigenvalue weighted by Gasteiger charge is -2.24. The fourth-order valence-corrected chi connectivity index (χ4v) is 4.69. The van der Waals surface area contributed by atoms with E-state index in [2.05, 4.69) is 10.3 Å². The summed E-state index contributed by atoms with van der Waals surface area (Å²) in [6, 6.07) is 10.5. The van der Waals surface area contributed by atoms with Crippen LogP contribution in [-0.4, -0.2) is 57.2 Å². The molecule has 1 atom stereocenters. The Labute approximate surface area is 230 Å². The van der Waals surface area contributed by atoms with E-state index in [0.717, 1.165) is 0 Å². The first-order valence-corrected chi connectivity index (χ1v) is 12.7. The summed E-state index contributed by atoms with van der Waals surface area (Å²) in [6.07, 6.45) is 3.57. The summed E-state index contributed by atoms with van der Waals surface area (Å²) in [5.74, 6) is -0.710. The molecule has 206 valence electrons. The molecule has 9 nitrogen and oxygen atoms in total. The van der Waals surface area contributed by atoms with Crippen LogP contribution in [0.1, 0.15) is 32.8 Å². The van der Waals surface area contributed by atoms with E-state index in [1.54, 1.807) is 33.8 Å². The van der Waals surface area contributed by atoms with Gasteiger partial charge in [-0.25, -0.2) is 23.5 Å².